The Hall–Kier alpha value is -3.15. The average Bonchev–Trinajstić information content (AvgIpc) is 3.17. The summed E-state index contributed by atoms with van der Waals surface area (Å²) < 4.78 is 5.35. The largest absolute Gasteiger partial charge is 0.496 e. The Morgan fingerprint density at radius 1 is 1.04 bits per heavy atom. The molecule has 1 heterocycles. The number of aryl methyl sites for hydroxylation is 1. The zero-order valence-electron chi connectivity index (χ0n) is 13.5. The van der Waals surface area contributed by atoms with Crippen LogP contribution >= 0.6 is 0 Å². The molecule has 0 N–H and O–H groups in total. The molecule has 6 nitrogen and oxygen atoms in total. The molecule has 6 heteroatoms. The van der Waals surface area contributed by atoms with Crippen LogP contribution in [0.5, 0.6) is 5.75 Å². The maximum Gasteiger partial charge on any atom is 0.340 e. The molecule has 0 spiro atoms. The Kier molecular flexibility index (Phi) is 3.53. The van der Waals surface area contributed by atoms with Crippen molar-refractivity contribution < 1.29 is 24.0 Å². The van der Waals surface area contributed by atoms with Crippen LogP contribution in [0.15, 0.2) is 42.5 Å². The van der Waals surface area contributed by atoms with Crippen LogP contribution in [0.1, 0.15) is 44.2 Å². The van der Waals surface area contributed by atoms with E-state index in [1.54, 1.807) is 25.3 Å². The van der Waals surface area contributed by atoms with E-state index in [1.807, 2.05) is 12.1 Å². The highest BCUT2D eigenvalue weighted by Gasteiger charge is 2.41. The summed E-state index contributed by atoms with van der Waals surface area (Å²) in [6.07, 6.45) is 1.27. The molecule has 0 radical (unpaired) electrons. The number of benzene rings is 2. The molecule has 0 bridgehead atoms. The monoisotopic (exact) mass is 337 g/mol. The molecule has 1 aliphatic carbocycles. The maximum atomic E-state index is 12.7. The summed E-state index contributed by atoms with van der Waals surface area (Å²) in [7, 11) is 1.54. The molecule has 0 saturated heterocycles. The molecular weight excluding hydrogens is 322 g/mol. The standard InChI is InChI=1S/C19H15NO5/c1-24-15-8-4-5-11-9-10-14(16(11)15)19(23)25-20-17(21)12-6-2-3-7-13(12)18(20)22/h2-8,14H,9-10H2,1H3. The number of imide groups is 1. The Bertz CT molecular complexity index is 869. The molecule has 2 aromatic rings. The van der Waals surface area contributed by atoms with Crippen LogP contribution in [-0.2, 0) is 16.1 Å². The normalized spacial score (nSPS) is 18.1. The lowest BCUT2D eigenvalue weighted by molar-refractivity contribution is -0.170. The lowest BCUT2D eigenvalue weighted by atomic mass is 10.0. The van der Waals surface area contributed by atoms with Gasteiger partial charge in [-0.3, -0.25) is 9.59 Å². The second-order valence-corrected chi connectivity index (χ2v) is 5.98. The average molecular weight is 337 g/mol. The van der Waals surface area contributed by atoms with Crippen LogP contribution in [-0.4, -0.2) is 30.0 Å². The number of fused-ring (bicyclic) bond motifs is 2. The van der Waals surface area contributed by atoms with E-state index in [-0.39, 0.29) is 11.1 Å². The molecule has 126 valence electrons. The fourth-order valence-corrected chi connectivity index (χ4v) is 3.46. The zero-order chi connectivity index (χ0) is 17.6. The topological polar surface area (TPSA) is 72.9 Å². The fourth-order valence-electron chi connectivity index (χ4n) is 3.46. The van der Waals surface area contributed by atoms with E-state index in [2.05, 4.69) is 0 Å². The molecule has 1 unspecified atom stereocenters. The first-order valence-corrected chi connectivity index (χ1v) is 7.97. The second-order valence-electron chi connectivity index (χ2n) is 5.98. The van der Waals surface area contributed by atoms with Gasteiger partial charge in [0.2, 0.25) is 0 Å². The highest BCUT2D eigenvalue weighted by atomic mass is 16.7. The van der Waals surface area contributed by atoms with Gasteiger partial charge < -0.3 is 9.57 Å². The van der Waals surface area contributed by atoms with Crippen molar-refractivity contribution in [3.05, 3.63) is 64.7 Å². The molecule has 4 rings (SSSR count). The minimum absolute atomic E-state index is 0.240. The summed E-state index contributed by atoms with van der Waals surface area (Å²) in [6.45, 7) is 0. The van der Waals surface area contributed by atoms with Gasteiger partial charge in [0.15, 0.2) is 0 Å². The lowest BCUT2D eigenvalue weighted by Crippen LogP contribution is -2.34. The Morgan fingerprint density at radius 3 is 2.36 bits per heavy atom. The predicted octanol–water partition coefficient (Wildman–Crippen LogP) is 2.48. The van der Waals surface area contributed by atoms with Crippen LogP contribution in [0.25, 0.3) is 0 Å². The van der Waals surface area contributed by atoms with Gasteiger partial charge in [-0.15, -0.1) is 0 Å². The number of methoxy groups -OCH3 is 1. The number of ether oxygens (including phenoxy) is 1. The molecule has 0 fully saturated rings. The van der Waals surface area contributed by atoms with Gasteiger partial charge in [-0.05, 0) is 36.6 Å². The van der Waals surface area contributed by atoms with Crippen molar-refractivity contribution in [2.75, 3.05) is 7.11 Å². The van der Waals surface area contributed by atoms with Gasteiger partial charge >= 0.3 is 5.97 Å². The third-order valence-electron chi connectivity index (χ3n) is 4.65. The number of hydrogen-bond donors (Lipinski definition) is 0. The molecule has 25 heavy (non-hydrogen) atoms. The summed E-state index contributed by atoms with van der Waals surface area (Å²) in [5.74, 6) is -1.81. The number of nitrogens with zero attached hydrogens (tertiary/aromatic N) is 1. The number of amides is 2. The molecule has 1 aliphatic heterocycles. The van der Waals surface area contributed by atoms with Gasteiger partial charge in [-0.25, -0.2) is 4.79 Å². The van der Waals surface area contributed by atoms with Crippen molar-refractivity contribution in [1.29, 1.82) is 0 Å². The van der Waals surface area contributed by atoms with E-state index < -0.39 is 23.7 Å². The molecule has 0 aromatic heterocycles. The summed E-state index contributed by atoms with van der Waals surface area (Å²) in [6, 6.07) is 12.0. The summed E-state index contributed by atoms with van der Waals surface area (Å²) in [5.41, 5.74) is 2.27. The quantitative estimate of drug-likeness (QED) is 0.805. The molecular formula is C19H15NO5. The van der Waals surface area contributed by atoms with Crippen LogP contribution in [0.2, 0.25) is 0 Å². The van der Waals surface area contributed by atoms with E-state index in [0.717, 1.165) is 11.1 Å². The van der Waals surface area contributed by atoms with Crippen molar-refractivity contribution in [1.82, 2.24) is 5.06 Å². The minimum atomic E-state index is -0.627. The second kappa shape index (κ2) is 5.73. The number of hydrogen-bond acceptors (Lipinski definition) is 5. The van der Waals surface area contributed by atoms with E-state index >= 15 is 0 Å². The van der Waals surface area contributed by atoms with Gasteiger partial charge in [-0.2, -0.15) is 0 Å². The summed E-state index contributed by atoms with van der Waals surface area (Å²) in [4.78, 5) is 42.5. The molecule has 1 atom stereocenters. The Balaban J connectivity index is 1.60. The fraction of sp³-hybridized carbons (Fsp3) is 0.211. The molecule has 2 aromatic carbocycles. The summed E-state index contributed by atoms with van der Waals surface area (Å²) in [5, 5.41) is 0.556. The van der Waals surface area contributed by atoms with Crippen LogP contribution in [0, 0.1) is 0 Å². The molecule has 0 saturated carbocycles. The smallest absolute Gasteiger partial charge is 0.340 e. The minimum Gasteiger partial charge on any atom is -0.496 e. The summed E-state index contributed by atoms with van der Waals surface area (Å²) >= 11 is 0. The SMILES string of the molecule is COc1cccc2c1C(C(=O)ON1C(=O)c3ccccc3C1=O)CC2. The van der Waals surface area contributed by atoms with E-state index in [0.29, 0.717) is 23.7 Å². The number of carbonyl (C=O) groups is 3. The molecule has 2 amide bonds. The van der Waals surface area contributed by atoms with Gasteiger partial charge in [0.1, 0.15) is 5.75 Å². The maximum absolute atomic E-state index is 12.7. The van der Waals surface area contributed by atoms with Crippen molar-refractivity contribution in [2.24, 2.45) is 0 Å². The van der Waals surface area contributed by atoms with E-state index in [1.165, 1.54) is 12.1 Å². The number of carbonyl (C=O) groups excluding carboxylic acids is 3. The highest BCUT2D eigenvalue weighted by molar-refractivity contribution is 6.20. The van der Waals surface area contributed by atoms with Gasteiger partial charge in [0.25, 0.3) is 11.8 Å². The van der Waals surface area contributed by atoms with Gasteiger partial charge in [0.05, 0.1) is 24.2 Å². The Morgan fingerprint density at radius 2 is 1.72 bits per heavy atom. The third kappa shape index (κ3) is 2.29. The predicted molar refractivity (Wildman–Crippen MR) is 87.1 cm³/mol. The van der Waals surface area contributed by atoms with Gasteiger partial charge in [-0.1, -0.05) is 29.3 Å². The third-order valence-corrected chi connectivity index (χ3v) is 4.65. The van der Waals surface area contributed by atoms with E-state index in [9.17, 15) is 14.4 Å². The van der Waals surface area contributed by atoms with Crippen LogP contribution < -0.4 is 4.74 Å². The lowest BCUT2D eigenvalue weighted by Gasteiger charge is -2.17. The van der Waals surface area contributed by atoms with Crippen LogP contribution in [0.3, 0.4) is 0 Å². The first-order chi connectivity index (χ1) is 12.1. The van der Waals surface area contributed by atoms with Crippen molar-refractivity contribution >= 4 is 17.8 Å². The van der Waals surface area contributed by atoms with Crippen molar-refractivity contribution in [3.63, 3.8) is 0 Å². The number of hydroxylamine groups is 2. The van der Waals surface area contributed by atoms with E-state index in [4.69, 9.17) is 9.57 Å². The first kappa shape index (κ1) is 15.4. The number of rotatable bonds is 3. The van der Waals surface area contributed by atoms with Gasteiger partial charge in [0, 0.05) is 5.56 Å². The molecule has 2 aliphatic rings. The Labute approximate surface area is 143 Å². The van der Waals surface area contributed by atoms with Crippen molar-refractivity contribution in [3.8, 4) is 5.75 Å². The highest BCUT2D eigenvalue weighted by Crippen LogP contribution is 2.40. The van der Waals surface area contributed by atoms with Crippen LogP contribution in [0.4, 0.5) is 0 Å². The van der Waals surface area contributed by atoms with Crippen molar-refractivity contribution in [2.45, 2.75) is 18.8 Å². The zero-order valence-corrected chi connectivity index (χ0v) is 13.5. The first-order valence-electron chi connectivity index (χ1n) is 7.97.